The second kappa shape index (κ2) is 7.60. The summed E-state index contributed by atoms with van der Waals surface area (Å²) >= 11 is 8.15. The summed E-state index contributed by atoms with van der Waals surface area (Å²) in [5.74, 6) is 3.52. The summed E-state index contributed by atoms with van der Waals surface area (Å²) in [7, 11) is 0. The standard InChI is InChI=1S/C19H14I2O4S2/c20-18-14-12(22-6-8-24-14)16(26-18)11(10-4-2-1-3-5-10)17-13-15(19(21)27-17)25-9-7-23-13/h1-5,11H,6-9H2. The van der Waals surface area contributed by atoms with Gasteiger partial charge in [-0.2, -0.15) is 0 Å². The zero-order valence-corrected chi connectivity index (χ0v) is 19.9. The molecule has 4 nitrogen and oxygen atoms in total. The summed E-state index contributed by atoms with van der Waals surface area (Å²) in [4.78, 5) is 2.32. The van der Waals surface area contributed by atoms with Crippen LogP contribution in [0.4, 0.5) is 0 Å². The van der Waals surface area contributed by atoms with Gasteiger partial charge in [0.05, 0.1) is 15.7 Å². The van der Waals surface area contributed by atoms with E-state index < -0.39 is 0 Å². The maximum absolute atomic E-state index is 6.06. The molecule has 2 aliphatic heterocycles. The molecule has 0 saturated heterocycles. The summed E-state index contributed by atoms with van der Waals surface area (Å²) in [5, 5.41) is 0. The predicted octanol–water partition coefficient (Wildman–Crippen LogP) is 5.74. The second-order valence-corrected chi connectivity index (χ2v) is 11.8. The smallest absolute Gasteiger partial charge is 0.185 e. The topological polar surface area (TPSA) is 36.9 Å². The molecule has 0 unspecified atom stereocenters. The van der Waals surface area contributed by atoms with Crippen molar-refractivity contribution < 1.29 is 18.9 Å². The van der Waals surface area contributed by atoms with Gasteiger partial charge >= 0.3 is 0 Å². The van der Waals surface area contributed by atoms with E-state index in [1.165, 1.54) is 5.56 Å². The van der Waals surface area contributed by atoms with Crippen molar-refractivity contribution in [3.63, 3.8) is 0 Å². The average Bonchev–Trinajstić information content (AvgIpc) is 3.22. The van der Waals surface area contributed by atoms with E-state index in [1.54, 1.807) is 22.7 Å². The Morgan fingerprint density at radius 3 is 1.59 bits per heavy atom. The minimum atomic E-state index is 0.0270. The highest BCUT2D eigenvalue weighted by Crippen LogP contribution is 2.56. The number of fused-ring (bicyclic) bond motifs is 2. The normalized spacial score (nSPS) is 15.2. The van der Waals surface area contributed by atoms with Crippen LogP contribution in [0.2, 0.25) is 0 Å². The van der Waals surface area contributed by atoms with E-state index in [-0.39, 0.29) is 5.92 Å². The van der Waals surface area contributed by atoms with Crippen LogP contribution in [0.5, 0.6) is 23.0 Å². The molecule has 0 radical (unpaired) electrons. The molecule has 0 saturated carbocycles. The van der Waals surface area contributed by atoms with Gasteiger partial charge in [-0.15, -0.1) is 22.7 Å². The molecule has 0 spiro atoms. The van der Waals surface area contributed by atoms with Crippen molar-refractivity contribution in [3.05, 3.63) is 51.4 Å². The van der Waals surface area contributed by atoms with Gasteiger partial charge in [0.1, 0.15) is 32.2 Å². The Kier molecular flexibility index (Phi) is 5.16. The van der Waals surface area contributed by atoms with E-state index in [0.717, 1.165) is 38.5 Å². The molecule has 0 aliphatic carbocycles. The molecule has 27 heavy (non-hydrogen) atoms. The van der Waals surface area contributed by atoms with Crippen LogP contribution in [-0.4, -0.2) is 26.4 Å². The molecule has 3 aromatic rings. The van der Waals surface area contributed by atoms with Gasteiger partial charge in [-0.05, 0) is 50.7 Å². The highest BCUT2D eigenvalue weighted by atomic mass is 127. The van der Waals surface area contributed by atoms with E-state index in [1.807, 2.05) is 6.07 Å². The molecule has 2 aromatic heterocycles. The first-order valence-corrected chi connectivity index (χ1v) is 12.2. The number of ether oxygens (including phenoxy) is 4. The van der Waals surface area contributed by atoms with Crippen LogP contribution in [0.15, 0.2) is 30.3 Å². The molecule has 8 heteroatoms. The molecule has 140 valence electrons. The molecule has 0 bridgehead atoms. The highest BCUT2D eigenvalue weighted by Gasteiger charge is 2.35. The molecule has 0 atom stereocenters. The Balaban J connectivity index is 1.73. The average molecular weight is 624 g/mol. The molecule has 0 fully saturated rings. The number of halogens is 2. The van der Waals surface area contributed by atoms with Gasteiger partial charge in [0.25, 0.3) is 0 Å². The first-order chi connectivity index (χ1) is 13.2. The van der Waals surface area contributed by atoms with Gasteiger partial charge in [-0.1, -0.05) is 30.3 Å². The second-order valence-electron chi connectivity index (χ2n) is 6.03. The van der Waals surface area contributed by atoms with Crippen molar-refractivity contribution in [2.45, 2.75) is 5.92 Å². The highest BCUT2D eigenvalue weighted by molar-refractivity contribution is 14.1. The lowest BCUT2D eigenvalue weighted by molar-refractivity contribution is 0.169. The molecule has 0 amide bonds. The molecule has 2 aliphatic rings. The summed E-state index contributed by atoms with van der Waals surface area (Å²) in [6, 6.07) is 10.5. The fourth-order valence-corrected chi connectivity index (χ4v) is 7.73. The van der Waals surface area contributed by atoms with Crippen molar-refractivity contribution in [2.24, 2.45) is 0 Å². The van der Waals surface area contributed by atoms with Crippen LogP contribution in [0, 0.1) is 5.77 Å². The largest absolute Gasteiger partial charge is 0.485 e. The first-order valence-electron chi connectivity index (χ1n) is 8.44. The number of hydrogen-bond acceptors (Lipinski definition) is 6. The van der Waals surface area contributed by atoms with Crippen molar-refractivity contribution in [3.8, 4) is 23.0 Å². The Bertz CT molecular complexity index is 923. The van der Waals surface area contributed by atoms with Gasteiger partial charge in [0.2, 0.25) is 0 Å². The molecular weight excluding hydrogens is 610 g/mol. The molecule has 0 N–H and O–H groups in total. The molecule has 5 rings (SSSR count). The third-order valence-electron chi connectivity index (χ3n) is 4.43. The van der Waals surface area contributed by atoms with E-state index in [0.29, 0.717) is 26.4 Å². The summed E-state index contributed by atoms with van der Waals surface area (Å²) < 4.78 is 26.2. The van der Waals surface area contributed by atoms with Crippen molar-refractivity contribution in [1.82, 2.24) is 0 Å². The minimum Gasteiger partial charge on any atom is -0.485 e. The summed E-state index contributed by atoms with van der Waals surface area (Å²) in [6.07, 6.45) is 0. The van der Waals surface area contributed by atoms with E-state index in [9.17, 15) is 0 Å². The van der Waals surface area contributed by atoms with Crippen molar-refractivity contribution in [2.75, 3.05) is 26.4 Å². The Morgan fingerprint density at radius 1 is 0.667 bits per heavy atom. The Morgan fingerprint density at radius 2 is 1.11 bits per heavy atom. The molecular formula is C19H14I2O4S2. The van der Waals surface area contributed by atoms with Crippen molar-refractivity contribution in [1.29, 1.82) is 0 Å². The number of thiophene rings is 2. The van der Waals surface area contributed by atoms with Crippen LogP contribution in [0.3, 0.4) is 0 Å². The van der Waals surface area contributed by atoms with Crippen LogP contribution in [0.25, 0.3) is 0 Å². The number of rotatable bonds is 3. The SMILES string of the molecule is Ic1sc(C(c2ccccc2)c2sc(I)c3c2OCCO3)c2c1OCCO2. The lowest BCUT2D eigenvalue weighted by atomic mass is 9.94. The molecule has 1 aromatic carbocycles. The maximum atomic E-state index is 6.06. The third-order valence-corrected chi connectivity index (χ3v) is 8.74. The monoisotopic (exact) mass is 624 g/mol. The van der Waals surface area contributed by atoms with Crippen LogP contribution in [-0.2, 0) is 0 Å². The Labute approximate surface area is 192 Å². The zero-order valence-electron chi connectivity index (χ0n) is 14.0. The molecule has 4 heterocycles. The number of hydrogen-bond donors (Lipinski definition) is 0. The number of benzene rings is 1. The zero-order chi connectivity index (χ0) is 18.4. The fraction of sp³-hybridized carbons (Fsp3) is 0.263. The van der Waals surface area contributed by atoms with E-state index >= 15 is 0 Å². The van der Waals surface area contributed by atoms with Gasteiger partial charge in [-0.3, -0.25) is 0 Å². The van der Waals surface area contributed by atoms with Gasteiger partial charge < -0.3 is 18.9 Å². The Hall–Kier alpha value is -0.720. The predicted molar refractivity (Wildman–Crippen MR) is 123 cm³/mol. The summed E-state index contributed by atoms with van der Waals surface area (Å²) in [5.41, 5.74) is 1.21. The third kappa shape index (κ3) is 3.22. The van der Waals surface area contributed by atoms with Gasteiger partial charge in [0.15, 0.2) is 23.0 Å². The van der Waals surface area contributed by atoms with Gasteiger partial charge in [0, 0.05) is 0 Å². The van der Waals surface area contributed by atoms with Crippen molar-refractivity contribution >= 4 is 67.9 Å². The van der Waals surface area contributed by atoms with Crippen LogP contribution >= 0.6 is 67.9 Å². The maximum Gasteiger partial charge on any atom is 0.185 e. The lowest BCUT2D eigenvalue weighted by Crippen LogP contribution is -2.17. The quantitative estimate of drug-likeness (QED) is 0.349. The van der Waals surface area contributed by atoms with E-state index in [2.05, 4.69) is 69.4 Å². The van der Waals surface area contributed by atoms with Gasteiger partial charge in [-0.25, -0.2) is 0 Å². The van der Waals surface area contributed by atoms with Crippen LogP contribution in [0.1, 0.15) is 21.2 Å². The fourth-order valence-electron chi connectivity index (χ4n) is 3.32. The lowest BCUT2D eigenvalue weighted by Gasteiger charge is -2.23. The minimum absolute atomic E-state index is 0.0270. The van der Waals surface area contributed by atoms with E-state index in [4.69, 9.17) is 18.9 Å². The van der Waals surface area contributed by atoms with Crippen LogP contribution < -0.4 is 18.9 Å². The summed E-state index contributed by atoms with van der Waals surface area (Å²) in [6.45, 7) is 2.35. The first kappa shape index (κ1) is 18.3.